The van der Waals surface area contributed by atoms with Gasteiger partial charge in [0.1, 0.15) is 5.75 Å². The largest absolute Gasteiger partial charge is 0.496 e. The molecule has 0 aliphatic rings. The quantitative estimate of drug-likeness (QED) is 0.503. The van der Waals surface area contributed by atoms with Crippen molar-refractivity contribution in [2.45, 2.75) is 46.0 Å². The molecule has 0 spiro atoms. The third kappa shape index (κ3) is 5.29. The highest BCUT2D eigenvalue weighted by atomic mass is 16.5. The van der Waals surface area contributed by atoms with E-state index in [1.165, 1.54) is 12.8 Å². The fourth-order valence-electron chi connectivity index (χ4n) is 2.09. The number of rotatable bonds is 8. The zero-order chi connectivity index (χ0) is 14.1. The first-order valence-corrected chi connectivity index (χ1v) is 7.03. The van der Waals surface area contributed by atoms with E-state index >= 15 is 0 Å². The highest BCUT2D eigenvalue weighted by Crippen LogP contribution is 2.25. The van der Waals surface area contributed by atoms with Gasteiger partial charge >= 0.3 is 0 Å². The molecule has 0 aliphatic heterocycles. The van der Waals surface area contributed by atoms with Crippen molar-refractivity contribution in [3.63, 3.8) is 0 Å². The van der Waals surface area contributed by atoms with Crippen molar-refractivity contribution < 1.29 is 9.53 Å². The van der Waals surface area contributed by atoms with Crippen molar-refractivity contribution >= 4 is 11.4 Å². The molecule has 104 valence electrons. The van der Waals surface area contributed by atoms with Crippen LogP contribution in [0.1, 0.15) is 51.5 Å². The van der Waals surface area contributed by atoms with Crippen LogP contribution in [0.4, 0.5) is 0 Å². The Labute approximate surface area is 116 Å². The van der Waals surface area contributed by atoms with Crippen LogP contribution in [0.15, 0.2) is 30.3 Å². The number of unbranched alkanes of at least 4 members (excludes halogenated alkanes) is 3. The summed E-state index contributed by atoms with van der Waals surface area (Å²) in [5, 5.41) is 0. The number of allylic oxidation sites excluding steroid dienone is 2. The molecule has 0 bridgehead atoms. The summed E-state index contributed by atoms with van der Waals surface area (Å²) in [5.41, 5.74) is 1.96. The van der Waals surface area contributed by atoms with Crippen LogP contribution in [-0.2, 0) is 4.79 Å². The van der Waals surface area contributed by atoms with Gasteiger partial charge in [-0.1, -0.05) is 44.4 Å². The van der Waals surface area contributed by atoms with Crippen molar-refractivity contribution in [1.82, 2.24) is 0 Å². The van der Waals surface area contributed by atoms with Gasteiger partial charge in [0, 0.05) is 12.0 Å². The third-order valence-corrected chi connectivity index (χ3v) is 3.19. The summed E-state index contributed by atoms with van der Waals surface area (Å²) in [6, 6.07) is 7.79. The molecule has 2 heteroatoms. The maximum atomic E-state index is 11.9. The molecule has 0 heterocycles. The molecule has 0 amide bonds. The van der Waals surface area contributed by atoms with Crippen LogP contribution in [0.2, 0.25) is 0 Å². The molecule has 1 rings (SSSR count). The Kier molecular flexibility index (Phi) is 6.94. The normalized spacial score (nSPS) is 11.4. The second-order valence-electron chi connectivity index (χ2n) is 4.80. The average molecular weight is 260 g/mol. The fourth-order valence-corrected chi connectivity index (χ4v) is 2.09. The summed E-state index contributed by atoms with van der Waals surface area (Å²) in [6.45, 7) is 4.13. The summed E-state index contributed by atoms with van der Waals surface area (Å²) < 4.78 is 5.31. The van der Waals surface area contributed by atoms with Crippen molar-refractivity contribution in [3.8, 4) is 5.75 Å². The molecule has 0 saturated heterocycles. The van der Waals surface area contributed by atoms with Crippen LogP contribution >= 0.6 is 0 Å². The SMILES string of the molecule is CCCCCCC(=O)/C=C(\C)c1ccccc1OC. The van der Waals surface area contributed by atoms with Gasteiger partial charge in [-0.3, -0.25) is 4.79 Å². The molecule has 1 aromatic carbocycles. The first kappa shape index (κ1) is 15.5. The zero-order valence-corrected chi connectivity index (χ0v) is 12.2. The zero-order valence-electron chi connectivity index (χ0n) is 12.2. The maximum absolute atomic E-state index is 11.9. The van der Waals surface area contributed by atoms with Gasteiger partial charge in [0.25, 0.3) is 0 Å². The molecule has 0 aromatic heterocycles. The number of methoxy groups -OCH3 is 1. The third-order valence-electron chi connectivity index (χ3n) is 3.19. The van der Waals surface area contributed by atoms with Gasteiger partial charge in [-0.2, -0.15) is 0 Å². The lowest BCUT2D eigenvalue weighted by Gasteiger charge is -2.08. The highest BCUT2D eigenvalue weighted by molar-refractivity contribution is 5.96. The number of ether oxygens (including phenoxy) is 1. The number of benzene rings is 1. The molecule has 0 unspecified atom stereocenters. The topological polar surface area (TPSA) is 26.3 Å². The minimum absolute atomic E-state index is 0.208. The molecular formula is C17H24O2. The molecule has 2 nitrogen and oxygen atoms in total. The van der Waals surface area contributed by atoms with Gasteiger partial charge in [-0.25, -0.2) is 0 Å². The summed E-state index contributed by atoms with van der Waals surface area (Å²) >= 11 is 0. The molecule has 0 fully saturated rings. The van der Waals surface area contributed by atoms with Gasteiger partial charge in [0.15, 0.2) is 5.78 Å². The lowest BCUT2D eigenvalue weighted by molar-refractivity contribution is -0.114. The number of ketones is 1. The smallest absolute Gasteiger partial charge is 0.155 e. The summed E-state index contributed by atoms with van der Waals surface area (Å²) in [6.07, 6.45) is 6.93. The molecule has 0 aliphatic carbocycles. The van der Waals surface area contributed by atoms with E-state index in [9.17, 15) is 4.79 Å². The molecule has 0 N–H and O–H groups in total. The maximum Gasteiger partial charge on any atom is 0.155 e. The van der Waals surface area contributed by atoms with E-state index in [1.54, 1.807) is 13.2 Å². The van der Waals surface area contributed by atoms with Gasteiger partial charge in [0.2, 0.25) is 0 Å². The molecular weight excluding hydrogens is 236 g/mol. The minimum atomic E-state index is 0.208. The number of hydrogen-bond donors (Lipinski definition) is 0. The minimum Gasteiger partial charge on any atom is -0.496 e. The molecule has 1 aromatic rings. The standard InChI is InChI=1S/C17H24O2/c1-4-5-6-7-10-15(18)13-14(2)16-11-8-9-12-17(16)19-3/h8-9,11-13H,4-7,10H2,1-3H3/b14-13+. The van der Waals surface area contributed by atoms with Crippen LogP contribution in [-0.4, -0.2) is 12.9 Å². The van der Waals surface area contributed by atoms with E-state index < -0.39 is 0 Å². The molecule has 0 saturated carbocycles. The monoisotopic (exact) mass is 260 g/mol. The van der Waals surface area contributed by atoms with Crippen molar-refractivity contribution in [2.24, 2.45) is 0 Å². The average Bonchev–Trinajstić information content (AvgIpc) is 2.43. The Morgan fingerprint density at radius 2 is 1.95 bits per heavy atom. The summed E-state index contributed by atoms with van der Waals surface area (Å²) in [7, 11) is 1.65. The number of carbonyl (C=O) groups excluding carboxylic acids is 1. The van der Waals surface area contributed by atoms with Crippen LogP contribution in [0.25, 0.3) is 5.57 Å². The van der Waals surface area contributed by atoms with Crippen LogP contribution in [0.3, 0.4) is 0 Å². The van der Waals surface area contributed by atoms with Crippen LogP contribution < -0.4 is 4.74 Å². The van der Waals surface area contributed by atoms with Crippen LogP contribution in [0, 0.1) is 0 Å². The Balaban J connectivity index is 2.62. The fraction of sp³-hybridized carbons (Fsp3) is 0.471. The summed E-state index contributed by atoms with van der Waals surface area (Å²) in [4.78, 5) is 11.9. The molecule has 0 atom stereocenters. The second kappa shape index (κ2) is 8.52. The van der Waals surface area contributed by atoms with E-state index in [4.69, 9.17) is 4.74 Å². The number of carbonyl (C=O) groups is 1. The van der Waals surface area contributed by atoms with Crippen LogP contribution in [0.5, 0.6) is 5.75 Å². The first-order valence-electron chi connectivity index (χ1n) is 7.03. The van der Waals surface area contributed by atoms with Crippen molar-refractivity contribution in [2.75, 3.05) is 7.11 Å². The van der Waals surface area contributed by atoms with E-state index in [2.05, 4.69) is 6.92 Å². The Morgan fingerprint density at radius 1 is 1.21 bits per heavy atom. The Morgan fingerprint density at radius 3 is 2.63 bits per heavy atom. The molecule has 19 heavy (non-hydrogen) atoms. The predicted octanol–water partition coefficient (Wildman–Crippen LogP) is 4.64. The first-order chi connectivity index (χ1) is 9.19. The van der Waals surface area contributed by atoms with Crippen molar-refractivity contribution in [1.29, 1.82) is 0 Å². The number of hydrogen-bond acceptors (Lipinski definition) is 2. The lowest BCUT2D eigenvalue weighted by Crippen LogP contribution is -1.95. The van der Waals surface area contributed by atoms with E-state index in [0.29, 0.717) is 6.42 Å². The summed E-state index contributed by atoms with van der Waals surface area (Å²) in [5.74, 6) is 1.02. The van der Waals surface area contributed by atoms with E-state index in [1.807, 2.05) is 31.2 Å². The number of para-hydroxylation sites is 1. The molecule has 0 radical (unpaired) electrons. The van der Waals surface area contributed by atoms with Gasteiger partial charge in [-0.15, -0.1) is 0 Å². The lowest BCUT2D eigenvalue weighted by atomic mass is 10.0. The van der Waals surface area contributed by atoms with Gasteiger partial charge in [0.05, 0.1) is 7.11 Å². The predicted molar refractivity (Wildman–Crippen MR) is 80.4 cm³/mol. The van der Waals surface area contributed by atoms with Crippen molar-refractivity contribution in [3.05, 3.63) is 35.9 Å². The highest BCUT2D eigenvalue weighted by Gasteiger charge is 2.05. The second-order valence-corrected chi connectivity index (χ2v) is 4.80. The Hall–Kier alpha value is -1.57. The van der Waals surface area contributed by atoms with Gasteiger partial charge in [-0.05, 0) is 31.1 Å². The van der Waals surface area contributed by atoms with E-state index in [0.717, 1.165) is 29.7 Å². The Bertz CT molecular complexity index is 433. The van der Waals surface area contributed by atoms with E-state index in [-0.39, 0.29) is 5.78 Å². The van der Waals surface area contributed by atoms with Gasteiger partial charge < -0.3 is 4.74 Å².